The van der Waals surface area contributed by atoms with Gasteiger partial charge < -0.3 is 15.4 Å². The molecular weight excluding hydrogens is 450 g/mol. The van der Waals surface area contributed by atoms with Crippen molar-refractivity contribution >= 4 is 17.2 Å². The van der Waals surface area contributed by atoms with E-state index in [-0.39, 0.29) is 11.7 Å². The van der Waals surface area contributed by atoms with Crippen LogP contribution in [0.3, 0.4) is 0 Å². The van der Waals surface area contributed by atoms with Crippen molar-refractivity contribution in [2.75, 3.05) is 12.4 Å². The van der Waals surface area contributed by atoms with E-state index in [0.29, 0.717) is 18.9 Å². The van der Waals surface area contributed by atoms with Crippen LogP contribution in [0.1, 0.15) is 27.3 Å². The number of aryl methyl sites for hydroxylation is 1. The van der Waals surface area contributed by atoms with Gasteiger partial charge in [0, 0.05) is 24.8 Å². The maximum Gasteiger partial charge on any atom is 0.291 e. The highest BCUT2D eigenvalue weighted by Crippen LogP contribution is 2.30. The van der Waals surface area contributed by atoms with Gasteiger partial charge in [0.25, 0.3) is 5.91 Å². The molecule has 3 aromatic carbocycles. The van der Waals surface area contributed by atoms with E-state index in [1.807, 2.05) is 98.0 Å². The number of aromatic nitrogens is 3. The second-order valence-electron chi connectivity index (χ2n) is 8.49. The number of amides is 1. The number of hydrogen-bond acceptors (Lipinski definition) is 5. The standard InChI is InChI=1S/C29H27N5O2/c1-20-17-24(36-2)14-13-23(20)19-31-29(35)28-32-27(30-18-21-9-5-3-6-10-21)26-25(15-16-34(26)33-28)22-11-7-4-8-12-22/h3-17H,18-19H2,1-2H3,(H,31,35)(H,30,32,33). The molecule has 0 bridgehead atoms. The number of methoxy groups -OCH3 is 1. The summed E-state index contributed by atoms with van der Waals surface area (Å²) in [4.78, 5) is 17.8. The summed E-state index contributed by atoms with van der Waals surface area (Å²) in [5.41, 5.74) is 6.02. The monoisotopic (exact) mass is 477 g/mol. The molecular formula is C29H27N5O2. The number of hydrogen-bond donors (Lipinski definition) is 2. The van der Waals surface area contributed by atoms with E-state index >= 15 is 0 Å². The number of nitrogens with zero attached hydrogens (tertiary/aromatic N) is 3. The van der Waals surface area contributed by atoms with Crippen LogP contribution in [0, 0.1) is 6.92 Å². The Bertz CT molecular complexity index is 1500. The van der Waals surface area contributed by atoms with Crippen molar-refractivity contribution in [2.24, 2.45) is 0 Å². The van der Waals surface area contributed by atoms with Gasteiger partial charge in [0.1, 0.15) is 11.3 Å². The zero-order valence-corrected chi connectivity index (χ0v) is 20.2. The van der Waals surface area contributed by atoms with Gasteiger partial charge in [-0.2, -0.15) is 0 Å². The van der Waals surface area contributed by atoms with Gasteiger partial charge in [-0.05, 0) is 47.4 Å². The van der Waals surface area contributed by atoms with E-state index in [1.165, 1.54) is 0 Å². The smallest absolute Gasteiger partial charge is 0.291 e. The quantitative estimate of drug-likeness (QED) is 0.319. The lowest BCUT2D eigenvalue weighted by Crippen LogP contribution is -2.26. The molecule has 7 heteroatoms. The maximum atomic E-state index is 13.1. The molecule has 0 aliphatic rings. The predicted molar refractivity (Wildman–Crippen MR) is 141 cm³/mol. The number of rotatable bonds is 8. The summed E-state index contributed by atoms with van der Waals surface area (Å²) >= 11 is 0. The molecule has 0 saturated carbocycles. The summed E-state index contributed by atoms with van der Waals surface area (Å²) < 4.78 is 6.99. The first kappa shape index (κ1) is 23.1. The van der Waals surface area contributed by atoms with Crippen LogP contribution in [0.5, 0.6) is 5.75 Å². The Balaban J connectivity index is 1.46. The minimum absolute atomic E-state index is 0.0967. The molecule has 0 saturated heterocycles. The first-order chi connectivity index (χ1) is 17.6. The summed E-state index contributed by atoms with van der Waals surface area (Å²) in [7, 11) is 1.64. The number of ether oxygens (including phenoxy) is 1. The molecule has 1 amide bonds. The lowest BCUT2D eigenvalue weighted by atomic mass is 10.1. The molecule has 0 aliphatic heterocycles. The van der Waals surface area contributed by atoms with E-state index < -0.39 is 0 Å². The van der Waals surface area contributed by atoms with Crippen molar-refractivity contribution < 1.29 is 9.53 Å². The number of benzene rings is 3. The van der Waals surface area contributed by atoms with Gasteiger partial charge in [0.15, 0.2) is 5.82 Å². The zero-order valence-electron chi connectivity index (χ0n) is 20.2. The van der Waals surface area contributed by atoms with Gasteiger partial charge in [0.05, 0.1) is 7.11 Å². The van der Waals surface area contributed by atoms with Crippen molar-refractivity contribution in [1.82, 2.24) is 19.9 Å². The molecule has 5 aromatic rings. The van der Waals surface area contributed by atoms with E-state index in [1.54, 1.807) is 11.6 Å². The largest absolute Gasteiger partial charge is 0.497 e. The summed E-state index contributed by atoms with van der Waals surface area (Å²) in [5.74, 6) is 1.14. The SMILES string of the molecule is COc1ccc(CNC(=O)c2nc(NCc3ccccc3)c3c(-c4ccccc4)ccn3n2)c(C)c1. The van der Waals surface area contributed by atoms with E-state index in [0.717, 1.165) is 39.1 Å². The molecule has 0 radical (unpaired) electrons. The van der Waals surface area contributed by atoms with Crippen LogP contribution in [-0.4, -0.2) is 27.6 Å². The minimum Gasteiger partial charge on any atom is -0.497 e. The fourth-order valence-electron chi connectivity index (χ4n) is 4.12. The fraction of sp³-hybridized carbons (Fsp3) is 0.138. The summed E-state index contributed by atoms with van der Waals surface area (Å²) in [6, 6.07) is 27.9. The molecule has 7 nitrogen and oxygen atoms in total. The highest BCUT2D eigenvalue weighted by atomic mass is 16.5. The first-order valence-corrected chi connectivity index (χ1v) is 11.8. The van der Waals surface area contributed by atoms with Crippen molar-refractivity contribution in [3.63, 3.8) is 0 Å². The fourth-order valence-corrected chi connectivity index (χ4v) is 4.12. The third-order valence-corrected chi connectivity index (χ3v) is 6.09. The normalized spacial score (nSPS) is 10.8. The van der Waals surface area contributed by atoms with Crippen molar-refractivity contribution in [1.29, 1.82) is 0 Å². The lowest BCUT2D eigenvalue weighted by Gasteiger charge is -2.12. The molecule has 2 heterocycles. The van der Waals surface area contributed by atoms with Crippen LogP contribution in [0.2, 0.25) is 0 Å². The molecule has 5 rings (SSSR count). The Hall–Kier alpha value is -4.65. The highest BCUT2D eigenvalue weighted by molar-refractivity contribution is 5.93. The van der Waals surface area contributed by atoms with Gasteiger partial charge in [-0.3, -0.25) is 4.79 Å². The third kappa shape index (κ3) is 4.90. The number of carbonyl (C=O) groups excluding carboxylic acids is 1. The third-order valence-electron chi connectivity index (χ3n) is 6.09. The molecule has 180 valence electrons. The molecule has 0 aliphatic carbocycles. The van der Waals surface area contributed by atoms with Crippen LogP contribution in [-0.2, 0) is 13.1 Å². The lowest BCUT2D eigenvalue weighted by molar-refractivity contribution is 0.0939. The van der Waals surface area contributed by atoms with Crippen LogP contribution in [0.25, 0.3) is 16.6 Å². The summed E-state index contributed by atoms with van der Waals surface area (Å²) in [6.07, 6.45) is 1.86. The predicted octanol–water partition coefficient (Wildman–Crippen LogP) is 5.26. The van der Waals surface area contributed by atoms with Crippen molar-refractivity contribution in [3.05, 3.63) is 114 Å². The van der Waals surface area contributed by atoms with Gasteiger partial charge in [-0.15, -0.1) is 5.10 Å². The molecule has 0 fully saturated rings. The summed E-state index contributed by atoms with van der Waals surface area (Å²) in [6.45, 7) is 2.92. The van der Waals surface area contributed by atoms with Gasteiger partial charge in [-0.25, -0.2) is 9.50 Å². The number of anilines is 1. The molecule has 0 atom stereocenters. The van der Waals surface area contributed by atoms with Crippen LogP contribution >= 0.6 is 0 Å². The molecule has 0 spiro atoms. The second-order valence-corrected chi connectivity index (χ2v) is 8.49. The Labute approximate surface area is 209 Å². The Kier molecular flexibility index (Phi) is 6.62. The molecule has 36 heavy (non-hydrogen) atoms. The Morgan fingerprint density at radius 1 is 0.944 bits per heavy atom. The maximum absolute atomic E-state index is 13.1. The zero-order chi connectivity index (χ0) is 24.9. The van der Waals surface area contributed by atoms with Crippen molar-refractivity contribution in [3.8, 4) is 16.9 Å². The van der Waals surface area contributed by atoms with Crippen molar-refractivity contribution in [2.45, 2.75) is 20.0 Å². The molecule has 2 aromatic heterocycles. The number of nitrogens with one attached hydrogen (secondary N) is 2. The minimum atomic E-state index is -0.343. The Morgan fingerprint density at radius 3 is 2.42 bits per heavy atom. The van der Waals surface area contributed by atoms with Crippen LogP contribution in [0.4, 0.5) is 5.82 Å². The van der Waals surface area contributed by atoms with E-state index in [4.69, 9.17) is 4.74 Å². The van der Waals surface area contributed by atoms with Crippen LogP contribution in [0.15, 0.2) is 91.1 Å². The van der Waals surface area contributed by atoms with Gasteiger partial charge in [0.2, 0.25) is 5.82 Å². The van der Waals surface area contributed by atoms with E-state index in [9.17, 15) is 4.79 Å². The highest BCUT2D eigenvalue weighted by Gasteiger charge is 2.18. The molecule has 0 unspecified atom stereocenters. The van der Waals surface area contributed by atoms with Gasteiger partial charge >= 0.3 is 0 Å². The number of fused-ring (bicyclic) bond motifs is 1. The Morgan fingerprint density at radius 2 is 1.69 bits per heavy atom. The first-order valence-electron chi connectivity index (χ1n) is 11.8. The van der Waals surface area contributed by atoms with E-state index in [2.05, 4.69) is 20.7 Å². The topological polar surface area (TPSA) is 80.5 Å². The number of carbonyl (C=O) groups is 1. The summed E-state index contributed by atoms with van der Waals surface area (Å²) in [5, 5.41) is 10.9. The second kappa shape index (κ2) is 10.3. The molecule has 2 N–H and O–H groups in total. The van der Waals surface area contributed by atoms with Crippen LogP contribution < -0.4 is 15.4 Å². The van der Waals surface area contributed by atoms with Gasteiger partial charge in [-0.1, -0.05) is 66.7 Å². The average molecular weight is 478 g/mol. The average Bonchev–Trinajstić information content (AvgIpc) is 3.36.